The van der Waals surface area contributed by atoms with E-state index in [0.717, 1.165) is 35.9 Å². The largest absolute Gasteiger partial charge is 0.483 e. The molecular weight excluding hydrogens is 586 g/mol. The fourth-order valence-electron chi connectivity index (χ4n) is 4.74. The zero-order valence-electron chi connectivity index (χ0n) is 26.5. The first kappa shape index (κ1) is 31.8. The Hall–Kier alpha value is -4.64. The van der Waals surface area contributed by atoms with Gasteiger partial charge in [-0.25, -0.2) is 4.68 Å². The van der Waals surface area contributed by atoms with Gasteiger partial charge < -0.3 is 10.1 Å². The number of hydrogen-bond donors (Lipinski definition) is 2. The Morgan fingerprint density at radius 2 is 1.56 bits per heavy atom. The number of nitrogens with one attached hydrogen (secondary N) is 2. The number of H-pyrrole nitrogens is 1. The van der Waals surface area contributed by atoms with Gasteiger partial charge in [0.15, 0.2) is 6.61 Å². The summed E-state index contributed by atoms with van der Waals surface area (Å²) >= 11 is 1.06. The van der Waals surface area contributed by atoms with E-state index in [1.54, 1.807) is 16.8 Å². The molecule has 0 bridgehead atoms. The van der Waals surface area contributed by atoms with Crippen molar-refractivity contribution in [3.63, 3.8) is 0 Å². The van der Waals surface area contributed by atoms with Crippen LogP contribution in [-0.2, 0) is 15.6 Å². The van der Waals surface area contributed by atoms with Gasteiger partial charge in [0, 0.05) is 5.56 Å². The van der Waals surface area contributed by atoms with E-state index in [2.05, 4.69) is 79.6 Å². The van der Waals surface area contributed by atoms with Crippen molar-refractivity contribution in [1.29, 1.82) is 0 Å². The van der Waals surface area contributed by atoms with Gasteiger partial charge in [-0.3, -0.25) is 14.7 Å². The van der Waals surface area contributed by atoms with Crippen molar-refractivity contribution >= 4 is 23.5 Å². The second-order valence-electron chi connectivity index (χ2n) is 12.1. The van der Waals surface area contributed by atoms with E-state index in [1.807, 2.05) is 54.6 Å². The summed E-state index contributed by atoms with van der Waals surface area (Å²) in [5, 5.41) is 18.4. The highest BCUT2D eigenvalue weighted by atomic mass is 32.2. The fraction of sp³-hybridized carbons (Fsp3) is 0.324. The summed E-state index contributed by atoms with van der Waals surface area (Å²) < 4.78 is 9.07. The van der Waals surface area contributed by atoms with Crippen LogP contribution >= 0.6 is 11.8 Å². The zero-order valence-corrected chi connectivity index (χ0v) is 27.3. The van der Waals surface area contributed by atoms with Crippen molar-refractivity contribution in [2.45, 2.75) is 75.3 Å². The molecule has 0 radical (unpaired) electrons. The molecule has 0 aliphatic heterocycles. The Morgan fingerprint density at radius 1 is 0.911 bits per heavy atom. The molecule has 11 heteroatoms. The van der Waals surface area contributed by atoms with Crippen LogP contribution in [0.15, 0.2) is 93.7 Å². The monoisotopic (exact) mass is 625 g/mol. The van der Waals surface area contributed by atoms with E-state index >= 15 is 0 Å². The Labute approximate surface area is 267 Å². The van der Waals surface area contributed by atoms with Gasteiger partial charge in [0.25, 0.3) is 11.5 Å². The first-order chi connectivity index (χ1) is 21.5. The topological polar surface area (TPSA) is 120 Å². The van der Waals surface area contributed by atoms with Crippen LogP contribution in [0.1, 0.15) is 65.5 Å². The van der Waals surface area contributed by atoms with Gasteiger partial charge in [0.1, 0.15) is 16.5 Å². The number of carbonyl (C=O) groups is 1. The third kappa shape index (κ3) is 6.88. The normalized spacial score (nSPS) is 11.9. The molecule has 3 aromatic carbocycles. The highest BCUT2D eigenvalue weighted by molar-refractivity contribution is 7.99. The van der Waals surface area contributed by atoms with Crippen LogP contribution in [0.5, 0.6) is 5.75 Å². The molecule has 5 rings (SSSR count). The molecule has 2 aromatic heterocycles. The van der Waals surface area contributed by atoms with Crippen LogP contribution in [0.2, 0.25) is 0 Å². The number of tetrazole rings is 1. The van der Waals surface area contributed by atoms with Gasteiger partial charge in [-0.1, -0.05) is 90.1 Å². The molecule has 2 heterocycles. The summed E-state index contributed by atoms with van der Waals surface area (Å²) in [7, 11) is 0. The molecule has 2 N–H and O–H groups in total. The lowest BCUT2D eigenvalue weighted by molar-refractivity contribution is -0.118. The van der Waals surface area contributed by atoms with Crippen molar-refractivity contribution in [3.8, 4) is 17.1 Å². The molecule has 0 spiro atoms. The highest BCUT2D eigenvalue weighted by Gasteiger charge is 2.27. The van der Waals surface area contributed by atoms with Crippen LogP contribution in [0.3, 0.4) is 0 Å². The lowest BCUT2D eigenvalue weighted by Gasteiger charge is -2.30. The summed E-state index contributed by atoms with van der Waals surface area (Å²) in [6.07, 6.45) is 1.91. The Morgan fingerprint density at radius 3 is 2.20 bits per heavy atom. The number of aromatic nitrogens is 6. The predicted octanol–water partition coefficient (Wildman–Crippen LogP) is 6.69. The van der Waals surface area contributed by atoms with Crippen LogP contribution in [0.4, 0.5) is 5.82 Å². The third-order valence-electron chi connectivity index (χ3n) is 8.38. The predicted molar refractivity (Wildman–Crippen MR) is 177 cm³/mol. The van der Waals surface area contributed by atoms with Gasteiger partial charge >= 0.3 is 0 Å². The van der Waals surface area contributed by atoms with Crippen molar-refractivity contribution in [2.75, 3.05) is 11.9 Å². The number of benzene rings is 3. The number of nitrogens with zero attached hydrogens (tertiary/aromatic N) is 5. The minimum Gasteiger partial charge on any atom is -0.483 e. The Balaban J connectivity index is 1.43. The maximum absolute atomic E-state index is 13.7. The first-order valence-electron chi connectivity index (χ1n) is 15.0. The molecular formula is C34H39N7O3S. The second-order valence-corrected chi connectivity index (χ2v) is 13.1. The number of carbonyl (C=O) groups excluding carboxylic acids is 1. The average molecular weight is 626 g/mol. The van der Waals surface area contributed by atoms with Crippen molar-refractivity contribution < 1.29 is 9.53 Å². The van der Waals surface area contributed by atoms with Crippen molar-refractivity contribution in [2.24, 2.45) is 0 Å². The molecule has 0 aliphatic rings. The van der Waals surface area contributed by atoms with Crippen LogP contribution in [-0.4, -0.2) is 42.5 Å². The average Bonchev–Trinajstić information content (AvgIpc) is 3.65. The molecule has 0 saturated heterocycles. The van der Waals surface area contributed by atoms with E-state index in [1.165, 1.54) is 10.2 Å². The van der Waals surface area contributed by atoms with Crippen LogP contribution in [0.25, 0.3) is 11.4 Å². The molecule has 0 unspecified atom stereocenters. The molecule has 0 atom stereocenters. The molecule has 234 valence electrons. The zero-order chi connectivity index (χ0) is 32.2. The second kappa shape index (κ2) is 13.2. The third-order valence-corrected chi connectivity index (χ3v) is 9.40. The van der Waals surface area contributed by atoms with Gasteiger partial charge in [0.2, 0.25) is 5.16 Å². The molecule has 45 heavy (non-hydrogen) atoms. The maximum Gasteiger partial charge on any atom is 0.287 e. The number of rotatable bonds is 12. The van der Waals surface area contributed by atoms with Gasteiger partial charge in [0.05, 0.1) is 11.4 Å². The van der Waals surface area contributed by atoms with E-state index in [4.69, 9.17) is 4.74 Å². The standard InChI is InChI=1S/C34H39N7O3S/c1-7-33(3,4)23-19-20-27(26(21-23)34(5,6)8-2)44-22-28(42)35-30-29(31(43)40(37-30)24-15-11-9-12-16-24)45-32-36-38-39-41(32)25-17-13-10-14-18-25/h9-21,37H,7-8,22H2,1-6H3,(H,35,42). The molecule has 1 amide bonds. The molecule has 10 nitrogen and oxygen atoms in total. The van der Waals surface area contributed by atoms with E-state index in [-0.39, 0.29) is 33.7 Å². The molecule has 0 aliphatic carbocycles. The van der Waals surface area contributed by atoms with Crippen molar-refractivity contribution in [3.05, 3.63) is 100 Å². The van der Waals surface area contributed by atoms with Crippen LogP contribution in [0, 0.1) is 0 Å². The minimum absolute atomic E-state index is 0.0145. The molecule has 0 fully saturated rings. The SMILES string of the molecule is CCC(C)(C)c1ccc(OCC(=O)Nc2[nH]n(-c3ccccc3)c(=O)c2Sc2nnnn2-c2ccccc2)c(C(C)(C)CC)c1. The Kier molecular flexibility index (Phi) is 9.29. The molecule has 0 saturated carbocycles. The van der Waals surface area contributed by atoms with Gasteiger partial charge in [-0.05, 0) is 81.8 Å². The summed E-state index contributed by atoms with van der Waals surface area (Å²) in [6, 6.07) is 24.8. The highest BCUT2D eigenvalue weighted by Crippen LogP contribution is 2.38. The van der Waals surface area contributed by atoms with Crippen LogP contribution < -0.4 is 15.6 Å². The number of hydrogen-bond acceptors (Lipinski definition) is 7. The molecule has 5 aromatic rings. The summed E-state index contributed by atoms with van der Waals surface area (Å²) in [5.41, 5.74) is 3.15. The fourth-order valence-corrected chi connectivity index (χ4v) is 5.61. The van der Waals surface area contributed by atoms with Gasteiger partial charge in [-0.2, -0.15) is 4.68 Å². The van der Waals surface area contributed by atoms with E-state index < -0.39 is 5.91 Å². The summed E-state index contributed by atoms with van der Waals surface area (Å²) in [5.74, 6) is 0.470. The number of amides is 1. The van der Waals surface area contributed by atoms with Crippen molar-refractivity contribution in [1.82, 2.24) is 30.0 Å². The van der Waals surface area contributed by atoms with Gasteiger partial charge in [-0.15, -0.1) is 5.10 Å². The Bertz CT molecular complexity index is 1830. The quantitative estimate of drug-likeness (QED) is 0.159. The lowest BCUT2D eigenvalue weighted by Crippen LogP contribution is -2.24. The number of para-hydroxylation sites is 2. The number of anilines is 1. The van der Waals surface area contributed by atoms with E-state index in [9.17, 15) is 9.59 Å². The minimum atomic E-state index is -0.417. The lowest BCUT2D eigenvalue weighted by atomic mass is 9.76. The maximum atomic E-state index is 13.7. The first-order valence-corrected chi connectivity index (χ1v) is 15.9. The number of aromatic amines is 1. The van der Waals surface area contributed by atoms with E-state index in [0.29, 0.717) is 16.6 Å². The smallest absolute Gasteiger partial charge is 0.287 e. The number of ether oxygens (including phenoxy) is 1. The summed E-state index contributed by atoms with van der Waals surface area (Å²) in [6.45, 7) is 12.9. The summed E-state index contributed by atoms with van der Waals surface area (Å²) in [4.78, 5) is 27.3.